The molecule has 0 fully saturated rings. The largest absolute Gasteiger partial charge is 0.293 e. The quantitative estimate of drug-likeness (QED) is 0.786. The highest BCUT2D eigenvalue weighted by molar-refractivity contribution is 9.10. The van der Waals surface area contributed by atoms with Gasteiger partial charge < -0.3 is 0 Å². The molecule has 5 heteroatoms. The number of rotatable bonds is 4. The Morgan fingerprint density at radius 2 is 2.11 bits per heavy atom. The zero-order chi connectivity index (χ0) is 14.2. The van der Waals surface area contributed by atoms with Gasteiger partial charge in [0.15, 0.2) is 5.78 Å². The minimum absolute atomic E-state index is 0.163. The summed E-state index contributed by atoms with van der Waals surface area (Å²) in [5.41, 5.74) is 3.09. The van der Waals surface area contributed by atoms with Crippen molar-refractivity contribution in [2.75, 3.05) is 0 Å². The van der Waals surface area contributed by atoms with Gasteiger partial charge in [-0.15, -0.1) is 11.3 Å². The smallest absolute Gasteiger partial charge is 0.178 e. The molecular formula is C14H17BrN2OS. The number of Topliss-reactive ketones (excluding diaryl/α,β-unsaturated/α-hetero) is 1. The molecule has 19 heavy (non-hydrogen) atoms. The van der Waals surface area contributed by atoms with Crippen LogP contribution in [0.3, 0.4) is 0 Å². The second-order valence-electron chi connectivity index (χ2n) is 4.61. The third kappa shape index (κ3) is 2.82. The molecule has 0 aliphatic heterocycles. The summed E-state index contributed by atoms with van der Waals surface area (Å²) in [4.78, 5) is 14.4. The van der Waals surface area contributed by atoms with Crippen LogP contribution in [0.2, 0.25) is 0 Å². The van der Waals surface area contributed by atoms with Crippen molar-refractivity contribution in [2.24, 2.45) is 0 Å². The molecule has 2 aromatic rings. The second-order valence-corrected chi connectivity index (χ2v) is 6.66. The lowest BCUT2D eigenvalue weighted by molar-refractivity contribution is 0.0994. The molecule has 0 bridgehead atoms. The molecule has 0 unspecified atom stereocenters. The Hall–Kier alpha value is -0.940. The maximum atomic E-state index is 12.4. The maximum absolute atomic E-state index is 12.4. The Kier molecular flexibility index (Phi) is 4.26. The molecule has 0 aliphatic carbocycles. The summed E-state index contributed by atoms with van der Waals surface area (Å²) < 4.78 is 2.85. The van der Waals surface area contributed by atoms with Gasteiger partial charge in [0, 0.05) is 11.4 Å². The van der Waals surface area contributed by atoms with Crippen LogP contribution in [-0.4, -0.2) is 15.6 Å². The van der Waals surface area contributed by atoms with E-state index in [1.54, 1.807) is 11.3 Å². The summed E-state index contributed by atoms with van der Waals surface area (Å²) in [7, 11) is 0. The van der Waals surface area contributed by atoms with Gasteiger partial charge in [-0.2, -0.15) is 5.10 Å². The third-order valence-corrected chi connectivity index (χ3v) is 5.45. The van der Waals surface area contributed by atoms with Crippen LogP contribution < -0.4 is 0 Å². The molecule has 0 amide bonds. The van der Waals surface area contributed by atoms with Crippen LogP contribution >= 0.6 is 27.3 Å². The van der Waals surface area contributed by atoms with Crippen molar-refractivity contribution in [1.29, 1.82) is 0 Å². The highest BCUT2D eigenvalue weighted by Crippen LogP contribution is 2.26. The van der Waals surface area contributed by atoms with E-state index in [9.17, 15) is 4.79 Å². The molecule has 3 nitrogen and oxygen atoms in total. The van der Waals surface area contributed by atoms with E-state index in [-0.39, 0.29) is 5.78 Å². The van der Waals surface area contributed by atoms with Gasteiger partial charge in [-0.05, 0) is 55.3 Å². The van der Waals surface area contributed by atoms with E-state index in [2.05, 4.69) is 21.0 Å². The summed E-state index contributed by atoms with van der Waals surface area (Å²) in [6.45, 7) is 8.85. The standard InChI is InChI=1S/C14H17BrN2OS/c1-5-17-11(14(15)9(3)16-17)7-12(18)13-6-8(2)10(4)19-13/h6H,5,7H2,1-4H3. The van der Waals surface area contributed by atoms with E-state index >= 15 is 0 Å². The number of carbonyl (C=O) groups excluding carboxylic acids is 1. The van der Waals surface area contributed by atoms with E-state index in [4.69, 9.17) is 0 Å². The van der Waals surface area contributed by atoms with Gasteiger partial charge in [0.1, 0.15) is 0 Å². The highest BCUT2D eigenvalue weighted by atomic mass is 79.9. The molecule has 0 aromatic carbocycles. The van der Waals surface area contributed by atoms with Gasteiger partial charge in [0.2, 0.25) is 0 Å². The van der Waals surface area contributed by atoms with Gasteiger partial charge in [0.25, 0.3) is 0 Å². The first-order valence-electron chi connectivity index (χ1n) is 6.26. The number of aromatic nitrogens is 2. The van der Waals surface area contributed by atoms with Crippen molar-refractivity contribution in [2.45, 2.75) is 40.7 Å². The van der Waals surface area contributed by atoms with Crippen LogP contribution in [0, 0.1) is 20.8 Å². The fraction of sp³-hybridized carbons (Fsp3) is 0.429. The van der Waals surface area contributed by atoms with Gasteiger partial charge in [-0.25, -0.2) is 0 Å². The molecule has 0 saturated heterocycles. The third-order valence-electron chi connectivity index (χ3n) is 3.22. The fourth-order valence-electron chi connectivity index (χ4n) is 1.99. The number of nitrogens with zero attached hydrogens (tertiary/aromatic N) is 2. The van der Waals surface area contributed by atoms with Crippen LogP contribution in [0.25, 0.3) is 0 Å². The van der Waals surface area contributed by atoms with Crippen LogP contribution in [0.15, 0.2) is 10.5 Å². The average Bonchev–Trinajstić information content (AvgIpc) is 2.84. The molecule has 0 saturated carbocycles. The Bertz CT molecular complexity index is 608. The summed E-state index contributed by atoms with van der Waals surface area (Å²) >= 11 is 5.10. The van der Waals surface area contributed by atoms with Crippen molar-refractivity contribution < 1.29 is 4.79 Å². The van der Waals surface area contributed by atoms with E-state index in [1.807, 2.05) is 38.4 Å². The van der Waals surface area contributed by atoms with Crippen molar-refractivity contribution in [3.8, 4) is 0 Å². The molecule has 0 atom stereocenters. The van der Waals surface area contributed by atoms with E-state index < -0.39 is 0 Å². The minimum atomic E-state index is 0.163. The molecule has 2 heterocycles. The number of ketones is 1. The number of thiophene rings is 1. The Morgan fingerprint density at radius 1 is 1.42 bits per heavy atom. The van der Waals surface area contributed by atoms with Crippen LogP contribution in [0.5, 0.6) is 0 Å². The molecule has 0 N–H and O–H groups in total. The lowest BCUT2D eigenvalue weighted by Crippen LogP contribution is -2.09. The number of hydrogen-bond acceptors (Lipinski definition) is 3. The van der Waals surface area contributed by atoms with Gasteiger partial charge in [-0.3, -0.25) is 9.48 Å². The van der Waals surface area contributed by atoms with E-state index in [0.29, 0.717) is 6.42 Å². The lowest BCUT2D eigenvalue weighted by Gasteiger charge is -2.03. The molecule has 0 radical (unpaired) electrons. The van der Waals surface area contributed by atoms with Crippen molar-refractivity contribution >= 4 is 33.0 Å². The predicted molar refractivity (Wildman–Crippen MR) is 82.2 cm³/mol. The summed E-state index contributed by atoms with van der Waals surface area (Å²) in [5.74, 6) is 0.163. The van der Waals surface area contributed by atoms with Crippen LogP contribution in [0.4, 0.5) is 0 Å². The van der Waals surface area contributed by atoms with E-state index in [0.717, 1.165) is 27.3 Å². The Labute approximate surface area is 125 Å². The highest BCUT2D eigenvalue weighted by Gasteiger charge is 2.18. The predicted octanol–water partition coefficient (Wildman–Crippen LogP) is 4.08. The van der Waals surface area contributed by atoms with E-state index in [1.165, 1.54) is 10.4 Å². The molecule has 0 aliphatic rings. The summed E-state index contributed by atoms with van der Waals surface area (Å²) in [6.07, 6.45) is 0.397. The minimum Gasteiger partial charge on any atom is -0.293 e. The molecule has 102 valence electrons. The normalized spacial score (nSPS) is 11.0. The lowest BCUT2D eigenvalue weighted by atomic mass is 10.1. The van der Waals surface area contributed by atoms with Crippen molar-refractivity contribution in [3.63, 3.8) is 0 Å². The van der Waals surface area contributed by atoms with Crippen molar-refractivity contribution in [3.05, 3.63) is 37.2 Å². The number of hydrogen-bond donors (Lipinski definition) is 0. The first-order valence-corrected chi connectivity index (χ1v) is 7.87. The monoisotopic (exact) mass is 340 g/mol. The van der Waals surface area contributed by atoms with Crippen molar-refractivity contribution in [1.82, 2.24) is 9.78 Å². The first kappa shape index (κ1) is 14.5. The Balaban J connectivity index is 2.28. The number of aryl methyl sites for hydroxylation is 4. The second kappa shape index (κ2) is 5.59. The van der Waals surface area contributed by atoms with Gasteiger partial charge in [-0.1, -0.05) is 0 Å². The fourth-order valence-corrected chi connectivity index (χ4v) is 3.38. The number of carbonyl (C=O) groups is 1. The van der Waals surface area contributed by atoms with Crippen LogP contribution in [0.1, 0.15) is 38.4 Å². The topological polar surface area (TPSA) is 34.9 Å². The molecular weight excluding hydrogens is 324 g/mol. The maximum Gasteiger partial charge on any atom is 0.178 e. The summed E-state index contributed by atoms with van der Waals surface area (Å²) in [6, 6.07) is 1.98. The zero-order valence-corrected chi connectivity index (χ0v) is 14.0. The Morgan fingerprint density at radius 3 is 2.63 bits per heavy atom. The summed E-state index contributed by atoms with van der Waals surface area (Å²) in [5, 5.41) is 4.42. The first-order chi connectivity index (χ1) is 8.93. The van der Waals surface area contributed by atoms with Crippen LogP contribution in [-0.2, 0) is 13.0 Å². The van der Waals surface area contributed by atoms with Gasteiger partial charge in [0.05, 0.1) is 27.2 Å². The molecule has 2 aromatic heterocycles. The average molecular weight is 341 g/mol. The molecule has 2 rings (SSSR count). The number of halogens is 1. The van der Waals surface area contributed by atoms with Gasteiger partial charge >= 0.3 is 0 Å². The SMILES string of the molecule is CCn1nc(C)c(Br)c1CC(=O)c1cc(C)c(C)s1. The zero-order valence-electron chi connectivity index (χ0n) is 11.6. The molecule has 0 spiro atoms.